The summed E-state index contributed by atoms with van der Waals surface area (Å²) in [6.45, 7) is -2.56. The number of aliphatic carboxylic acids is 4. The SMILES string of the molecule is O=CCCCC=NCC#Cc1ccc(-c2cc(-c3cccc(CN(CC(=O)[O-])CC(=O)[O-])n3)nc(-c3cccc(CN(CC(=O)[O-])CC(=O)[O-])n3)c2)cc1.[Eu+3].[Na+]. The molecule has 282 valence electrons. The average Bonchev–Trinajstić information content (AvgIpc) is 3.12. The molecule has 1 aromatic carbocycles. The number of benzene rings is 1. The monoisotopic (exact) mass is 906 g/mol. The first-order valence-corrected chi connectivity index (χ1v) is 16.7. The second kappa shape index (κ2) is 25.3. The van der Waals surface area contributed by atoms with Gasteiger partial charge in [-0.2, -0.15) is 0 Å². The quantitative estimate of drug-likeness (QED) is 0.0267. The van der Waals surface area contributed by atoms with Crippen molar-refractivity contribution < 1.29 is 123 Å². The second-order valence-corrected chi connectivity index (χ2v) is 11.9. The zero-order valence-corrected chi connectivity index (χ0v) is 34.8. The summed E-state index contributed by atoms with van der Waals surface area (Å²) in [7, 11) is 0. The molecule has 56 heavy (non-hydrogen) atoms. The van der Waals surface area contributed by atoms with Crippen molar-refractivity contribution in [2.45, 2.75) is 32.4 Å². The number of unbranched alkanes of at least 4 members (excludes halogenated alkanes) is 2. The van der Waals surface area contributed by atoms with Crippen molar-refractivity contribution in [1.29, 1.82) is 0 Å². The minimum Gasteiger partial charge on any atom is -0.549 e. The van der Waals surface area contributed by atoms with Crippen LogP contribution in [-0.2, 0) is 37.1 Å². The predicted octanol–water partition coefficient (Wildman–Crippen LogP) is -4.73. The van der Waals surface area contributed by atoms with Crippen LogP contribution in [0, 0.1) is 61.2 Å². The van der Waals surface area contributed by atoms with Crippen LogP contribution in [0.3, 0.4) is 0 Å². The molecule has 15 nitrogen and oxygen atoms in total. The number of carbonyl (C=O) groups excluding carboxylic acids is 5. The molecule has 4 aromatic rings. The van der Waals surface area contributed by atoms with Crippen LogP contribution in [0.4, 0.5) is 0 Å². The minimum absolute atomic E-state index is 0. The summed E-state index contributed by atoms with van der Waals surface area (Å²) in [5, 5.41) is 45.0. The third-order valence-electron chi connectivity index (χ3n) is 7.55. The molecule has 17 heteroatoms. The maximum absolute atomic E-state index is 11.2. The van der Waals surface area contributed by atoms with Crippen LogP contribution in [0.25, 0.3) is 33.9 Å². The third kappa shape index (κ3) is 17.0. The second-order valence-electron chi connectivity index (χ2n) is 11.9. The summed E-state index contributed by atoms with van der Waals surface area (Å²) in [5.41, 5.74) is 4.53. The van der Waals surface area contributed by atoms with Gasteiger partial charge in [0, 0.05) is 51.3 Å². The van der Waals surface area contributed by atoms with Gasteiger partial charge in [-0.05, 0) is 78.7 Å². The van der Waals surface area contributed by atoms with Gasteiger partial charge in [-0.1, -0.05) is 36.1 Å². The number of nitrogens with zero attached hydrogens (tertiary/aromatic N) is 6. The van der Waals surface area contributed by atoms with E-state index in [9.17, 15) is 44.4 Å². The Hall–Kier alpha value is -4.05. The van der Waals surface area contributed by atoms with E-state index in [2.05, 4.69) is 26.8 Å². The van der Waals surface area contributed by atoms with Gasteiger partial charge in [-0.25, -0.2) is 15.0 Å². The Bertz CT molecular complexity index is 1940. The number of carboxylic acid groups (broad SMARTS) is 4. The van der Waals surface area contributed by atoms with Crippen LogP contribution in [0.5, 0.6) is 0 Å². The zero-order chi connectivity index (χ0) is 38.9. The molecule has 0 saturated heterocycles. The van der Waals surface area contributed by atoms with Crippen molar-refractivity contribution in [2.75, 3.05) is 32.7 Å². The normalized spacial score (nSPS) is 10.6. The van der Waals surface area contributed by atoms with Gasteiger partial charge in [0.05, 0.1) is 64.6 Å². The van der Waals surface area contributed by atoms with Crippen LogP contribution in [0.1, 0.15) is 36.2 Å². The van der Waals surface area contributed by atoms with Gasteiger partial charge in [-0.3, -0.25) is 14.8 Å². The summed E-state index contributed by atoms with van der Waals surface area (Å²) in [4.78, 5) is 76.0. The van der Waals surface area contributed by atoms with Crippen molar-refractivity contribution in [3.8, 4) is 45.7 Å². The molecule has 0 N–H and O–H groups in total. The van der Waals surface area contributed by atoms with Gasteiger partial charge >= 0.3 is 78.9 Å². The Morgan fingerprint density at radius 2 is 1.12 bits per heavy atom. The molecular weight excluding hydrogens is 871 g/mol. The molecule has 0 amide bonds. The summed E-state index contributed by atoms with van der Waals surface area (Å²) in [5.74, 6) is 0.218. The van der Waals surface area contributed by atoms with E-state index in [1.54, 1.807) is 54.7 Å². The van der Waals surface area contributed by atoms with E-state index in [-0.39, 0.29) is 92.0 Å². The van der Waals surface area contributed by atoms with Crippen molar-refractivity contribution in [3.05, 3.63) is 89.7 Å². The summed E-state index contributed by atoms with van der Waals surface area (Å²) in [6.07, 6.45) is 4.57. The Morgan fingerprint density at radius 3 is 1.57 bits per heavy atom. The molecule has 0 aliphatic heterocycles. The van der Waals surface area contributed by atoms with Gasteiger partial charge < -0.3 is 44.4 Å². The van der Waals surface area contributed by atoms with Crippen LogP contribution in [0.2, 0.25) is 0 Å². The number of hydrogen-bond acceptors (Lipinski definition) is 15. The predicted molar refractivity (Wildman–Crippen MR) is 187 cm³/mol. The maximum atomic E-state index is 11.2. The number of carbonyl (C=O) groups is 5. The first kappa shape index (κ1) is 48.1. The van der Waals surface area contributed by atoms with E-state index in [1.807, 2.05) is 24.3 Å². The molecule has 0 unspecified atom stereocenters. The Balaban J connectivity index is 0.00000541. The molecule has 0 bridgehead atoms. The Kier molecular flexibility index (Phi) is 21.7. The molecule has 0 saturated carbocycles. The van der Waals surface area contributed by atoms with E-state index in [4.69, 9.17) is 4.98 Å². The van der Waals surface area contributed by atoms with Crippen molar-refractivity contribution in [1.82, 2.24) is 24.8 Å². The molecule has 3 aromatic heterocycles. The van der Waals surface area contributed by atoms with E-state index in [0.717, 1.165) is 33.6 Å². The number of aliphatic imine (C=N–C) groups is 1. The number of aromatic nitrogens is 3. The van der Waals surface area contributed by atoms with E-state index < -0.39 is 50.1 Å². The van der Waals surface area contributed by atoms with Gasteiger partial charge in [0.25, 0.3) is 0 Å². The number of rotatable bonds is 20. The molecule has 0 aliphatic carbocycles. The van der Waals surface area contributed by atoms with Crippen LogP contribution >= 0.6 is 0 Å². The summed E-state index contributed by atoms with van der Waals surface area (Å²) >= 11 is 0. The minimum atomic E-state index is -1.46. The summed E-state index contributed by atoms with van der Waals surface area (Å²) < 4.78 is 0. The molecule has 0 radical (unpaired) electrons. The molecule has 0 atom stereocenters. The Labute approximate surface area is 386 Å². The molecule has 0 fully saturated rings. The topological polar surface area (TPSA) is 235 Å². The fraction of sp³-hybridized carbons (Fsp3) is 0.256. The number of carboxylic acids is 4. The largest absolute Gasteiger partial charge is 3.00 e. The van der Waals surface area contributed by atoms with Crippen molar-refractivity contribution in [2.24, 2.45) is 4.99 Å². The Morgan fingerprint density at radius 1 is 0.643 bits per heavy atom. The average molecular weight is 906 g/mol. The third-order valence-corrected chi connectivity index (χ3v) is 7.55. The fourth-order valence-corrected chi connectivity index (χ4v) is 5.29. The first-order valence-electron chi connectivity index (χ1n) is 16.7. The van der Waals surface area contributed by atoms with Gasteiger partial charge in [0.15, 0.2) is 0 Å². The van der Waals surface area contributed by atoms with Crippen LogP contribution < -0.4 is 50.0 Å². The van der Waals surface area contributed by atoms with Gasteiger partial charge in [0.2, 0.25) is 0 Å². The van der Waals surface area contributed by atoms with E-state index >= 15 is 0 Å². The van der Waals surface area contributed by atoms with Crippen molar-refractivity contribution in [3.63, 3.8) is 0 Å². The van der Waals surface area contributed by atoms with Crippen molar-refractivity contribution >= 4 is 36.4 Å². The molecule has 0 aliphatic rings. The van der Waals surface area contributed by atoms with E-state index in [1.165, 1.54) is 0 Å². The molecule has 4 rings (SSSR count). The number of aldehydes is 1. The fourth-order valence-electron chi connectivity index (χ4n) is 5.29. The first-order chi connectivity index (χ1) is 26.0. The summed E-state index contributed by atoms with van der Waals surface area (Å²) in [6, 6.07) is 21.0. The van der Waals surface area contributed by atoms with Crippen LogP contribution in [0.15, 0.2) is 77.8 Å². The zero-order valence-electron chi connectivity index (χ0n) is 30.4. The van der Waals surface area contributed by atoms with Gasteiger partial charge in [-0.15, -0.1) is 0 Å². The number of hydrogen-bond donors (Lipinski definition) is 0. The standard InChI is InChI=1S/C39H38N6O9.Eu.Na/c46-18-3-1-2-16-40-17-6-7-27-12-14-28(15-13-27)29-19-34(32-10-4-8-30(41-32)21-44(23-36(47)48)24-37(49)50)43-35(20-29)33-11-5-9-31(42-33)22-45(25-38(51)52)26-39(53)54;;/h4-5,8-16,18-20H,1-3,17,21-26H2,(H,47,48)(H,49,50)(H,51,52)(H,53,54);;/q;+3;+1/p-4. The number of pyridine rings is 3. The van der Waals surface area contributed by atoms with Crippen LogP contribution in [-0.4, -0.2) is 93.9 Å². The van der Waals surface area contributed by atoms with Gasteiger partial charge in [0.1, 0.15) is 6.29 Å². The molecular formula is C39H34EuN6NaO9. The molecule has 0 spiro atoms. The smallest absolute Gasteiger partial charge is 0.549 e. The maximum Gasteiger partial charge on any atom is 3.00 e. The molecule has 3 heterocycles. The van der Waals surface area contributed by atoms with E-state index in [0.29, 0.717) is 59.1 Å².